The molecule has 2 aliphatic rings. The molecule has 4 nitrogen and oxygen atoms in total. The van der Waals surface area contributed by atoms with Gasteiger partial charge >= 0.3 is 5.17 Å². The molecule has 2 heterocycles. The smallest absolute Gasteiger partial charge is 0.317 e. The van der Waals surface area contributed by atoms with Gasteiger partial charge < -0.3 is 26.8 Å². The average Bonchev–Trinajstić information content (AvgIpc) is 3.18. The highest BCUT2D eigenvalue weighted by atomic mass is 79.9. The summed E-state index contributed by atoms with van der Waals surface area (Å²) in [5.41, 5.74) is 0.821. The Morgan fingerprint density at radius 2 is 1.88 bits per heavy atom. The Bertz CT molecular complexity index is 797. The topological polar surface area (TPSA) is 35.7 Å². The Morgan fingerprint density at radius 1 is 1.19 bits per heavy atom. The number of halogens is 1. The van der Waals surface area contributed by atoms with Crippen molar-refractivity contribution in [2.45, 2.75) is 25.1 Å². The van der Waals surface area contributed by atoms with Crippen molar-refractivity contribution < 1.29 is 31.4 Å². The highest BCUT2D eigenvalue weighted by molar-refractivity contribution is 8.14. The minimum atomic E-state index is -1.08. The summed E-state index contributed by atoms with van der Waals surface area (Å²) in [5.74, 6) is 1.87. The number of methoxy groups -OCH3 is 1. The maximum atomic E-state index is 11.8. The maximum absolute atomic E-state index is 11.8. The van der Waals surface area contributed by atoms with E-state index in [1.54, 1.807) is 7.11 Å². The zero-order valence-electron chi connectivity index (χ0n) is 14.9. The summed E-state index contributed by atoms with van der Waals surface area (Å²) < 4.78 is 7.63. The van der Waals surface area contributed by atoms with E-state index >= 15 is 0 Å². The molecule has 0 radical (unpaired) electrons. The van der Waals surface area contributed by atoms with Crippen LogP contribution >= 0.6 is 11.8 Å². The molecule has 0 spiro atoms. The lowest BCUT2D eigenvalue weighted by Crippen LogP contribution is -3.00. The molecule has 26 heavy (non-hydrogen) atoms. The molecule has 0 amide bonds. The second-order valence-electron chi connectivity index (χ2n) is 6.50. The van der Waals surface area contributed by atoms with Gasteiger partial charge in [0.2, 0.25) is 0 Å². The van der Waals surface area contributed by atoms with E-state index in [2.05, 4.69) is 28.5 Å². The van der Waals surface area contributed by atoms with E-state index in [1.165, 1.54) is 0 Å². The molecule has 4 rings (SSSR count). The van der Waals surface area contributed by atoms with Crippen molar-refractivity contribution in [3.8, 4) is 5.75 Å². The largest absolute Gasteiger partial charge is 1.00 e. The van der Waals surface area contributed by atoms with Crippen LogP contribution in [0.15, 0.2) is 54.6 Å². The third-order valence-electron chi connectivity index (χ3n) is 5.08. The first-order valence-corrected chi connectivity index (χ1v) is 9.64. The van der Waals surface area contributed by atoms with Gasteiger partial charge in [-0.15, -0.1) is 0 Å². The van der Waals surface area contributed by atoms with E-state index < -0.39 is 5.72 Å². The van der Waals surface area contributed by atoms with Crippen molar-refractivity contribution in [2.24, 2.45) is 0 Å². The van der Waals surface area contributed by atoms with Crippen molar-refractivity contribution in [1.29, 1.82) is 0 Å². The number of thioether (sulfide) groups is 1. The third-order valence-corrected chi connectivity index (χ3v) is 6.31. The van der Waals surface area contributed by atoms with Crippen LogP contribution in [-0.4, -0.2) is 40.3 Å². The molecule has 2 aliphatic heterocycles. The summed E-state index contributed by atoms with van der Waals surface area (Å²) in [7, 11) is 1.66. The van der Waals surface area contributed by atoms with Crippen LogP contribution in [0.2, 0.25) is 0 Å². The molecule has 0 saturated carbocycles. The third kappa shape index (κ3) is 3.04. The molecule has 0 saturated heterocycles. The van der Waals surface area contributed by atoms with E-state index in [-0.39, 0.29) is 17.0 Å². The van der Waals surface area contributed by atoms with Gasteiger partial charge in [0, 0.05) is 11.3 Å². The van der Waals surface area contributed by atoms with Gasteiger partial charge in [-0.05, 0) is 54.6 Å². The molecule has 0 fully saturated rings. The maximum Gasteiger partial charge on any atom is 0.317 e. The van der Waals surface area contributed by atoms with Crippen LogP contribution in [-0.2, 0) is 5.72 Å². The summed E-state index contributed by atoms with van der Waals surface area (Å²) in [6.45, 7) is 2.79. The summed E-state index contributed by atoms with van der Waals surface area (Å²) in [5, 5.41) is 12.9. The lowest BCUT2D eigenvalue weighted by molar-refractivity contribution is -0.561. The van der Waals surface area contributed by atoms with Crippen LogP contribution in [0.25, 0.3) is 0 Å². The van der Waals surface area contributed by atoms with Crippen molar-refractivity contribution in [2.75, 3.05) is 24.3 Å². The number of ether oxygens (including phenoxy) is 1. The van der Waals surface area contributed by atoms with Crippen LogP contribution in [0.1, 0.15) is 18.9 Å². The van der Waals surface area contributed by atoms with Crippen molar-refractivity contribution in [1.82, 2.24) is 0 Å². The number of hydrogen-bond donors (Lipinski definition) is 1. The fourth-order valence-corrected chi connectivity index (χ4v) is 5.20. The van der Waals surface area contributed by atoms with E-state index in [9.17, 15) is 5.11 Å². The van der Waals surface area contributed by atoms with E-state index in [0.29, 0.717) is 12.6 Å². The Kier molecular flexibility index (Phi) is 5.65. The summed E-state index contributed by atoms with van der Waals surface area (Å²) in [6.07, 6.45) is 1.08. The van der Waals surface area contributed by atoms with Crippen LogP contribution in [0.4, 0.5) is 5.69 Å². The molecule has 2 unspecified atom stereocenters. The molecule has 2 aromatic carbocycles. The van der Waals surface area contributed by atoms with Gasteiger partial charge in [0.05, 0.1) is 7.11 Å². The summed E-state index contributed by atoms with van der Waals surface area (Å²) in [4.78, 5) is 2.09. The number of anilines is 1. The number of benzene rings is 2. The highest BCUT2D eigenvalue weighted by Crippen LogP contribution is 2.42. The van der Waals surface area contributed by atoms with Gasteiger partial charge in [0.1, 0.15) is 17.5 Å². The molecular weight excluding hydrogens is 412 g/mol. The lowest BCUT2D eigenvalue weighted by atomic mass is 10.0. The van der Waals surface area contributed by atoms with Crippen molar-refractivity contribution >= 4 is 22.6 Å². The minimum Gasteiger partial charge on any atom is -1.00 e. The Morgan fingerprint density at radius 3 is 2.50 bits per heavy atom. The number of para-hydroxylation sites is 1. The summed E-state index contributed by atoms with van der Waals surface area (Å²) >= 11 is 1.84. The van der Waals surface area contributed by atoms with Crippen molar-refractivity contribution in [3.63, 3.8) is 0 Å². The first kappa shape index (κ1) is 19.3. The van der Waals surface area contributed by atoms with Crippen LogP contribution in [0, 0.1) is 0 Å². The molecule has 2 atom stereocenters. The van der Waals surface area contributed by atoms with Crippen molar-refractivity contribution in [3.05, 3.63) is 60.2 Å². The number of amidine groups is 1. The molecule has 0 aliphatic carbocycles. The molecule has 138 valence electrons. The zero-order valence-corrected chi connectivity index (χ0v) is 17.3. The van der Waals surface area contributed by atoms with Gasteiger partial charge in [-0.1, -0.05) is 25.1 Å². The fraction of sp³-hybridized carbons (Fsp3) is 0.350. The lowest BCUT2D eigenvalue weighted by Gasteiger charge is -2.29. The number of rotatable bonds is 4. The molecule has 2 aromatic rings. The quantitative estimate of drug-likeness (QED) is 0.700. The SMILES string of the molecule is CCC1CSC2=[N+]1CC(O)(c1ccc(OC)cc1)N2c1ccccc1.[Br-]. The second kappa shape index (κ2) is 7.62. The first-order chi connectivity index (χ1) is 12.2. The number of hydrogen-bond acceptors (Lipinski definition) is 4. The number of nitrogens with zero attached hydrogens (tertiary/aromatic N) is 2. The van der Waals surface area contributed by atoms with Gasteiger partial charge in [-0.3, -0.25) is 0 Å². The van der Waals surface area contributed by atoms with Gasteiger partial charge in [-0.25, -0.2) is 4.58 Å². The van der Waals surface area contributed by atoms with Crippen LogP contribution in [0.5, 0.6) is 5.75 Å². The van der Waals surface area contributed by atoms with E-state index in [1.807, 2.05) is 54.2 Å². The Balaban J connectivity index is 0.00000196. The molecule has 1 N–H and O–H groups in total. The molecule has 0 bridgehead atoms. The van der Waals surface area contributed by atoms with E-state index in [4.69, 9.17) is 4.74 Å². The van der Waals surface area contributed by atoms with Crippen LogP contribution < -0.4 is 26.6 Å². The Labute approximate surface area is 169 Å². The average molecular weight is 435 g/mol. The summed E-state index contributed by atoms with van der Waals surface area (Å²) in [6, 6.07) is 18.4. The normalized spacial score (nSPS) is 24.4. The van der Waals surface area contributed by atoms with Gasteiger partial charge in [0.15, 0.2) is 6.54 Å². The second-order valence-corrected chi connectivity index (χ2v) is 7.49. The van der Waals surface area contributed by atoms with Gasteiger partial charge in [-0.2, -0.15) is 4.90 Å². The Hall–Kier alpha value is -1.50. The van der Waals surface area contributed by atoms with E-state index in [0.717, 1.165) is 34.3 Å². The fourth-order valence-electron chi connectivity index (χ4n) is 3.67. The monoisotopic (exact) mass is 434 g/mol. The predicted molar refractivity (Wildman–Crippen MR) is 102 cm³/mol. The highest BCUT2D eigenvalue weighted by Gasteiger charge is 2.57. The standard InChI is InChI=1S/C20H23N2O2S.BrH/c1-3-16-13-25-19-21(16)14-20(23,15-9-11-18(24-2)12-10-15)22(19)17-7-5-4-6-8-17;/h4-12,16,23H,3,13-14H2,1-2H3;1H/q+1;/p-1. The first-order valence-electron chi connectivity index (χ1n) is 8.66. The van der Waals surface area contributed by atoms with Gasteiger partial charge in [0.25, 0.3) is 5.72 Å². The van der Waals surface area contributed by atoms with Crippen LogP contribution in [0.3, 0.4) is 0 Å². The zero-order chi connectivity index (χ0) is 17.4. The molecular formula is C20H23BrN2O2S. The minimum absolute atomic E-state index is 0. The number of aliphatic hydroxyl groups is 1. The molecule has 6 heteroatoms. The molecule has 0 aromatic heterocycles. The predicted octanol–water partition coefficient (Wildman–Crippen LogP) is 0.258.